The molecule has 1 aromatic rings. The summed E-state index contributed by atoms with van der Waals surface area (Å²) in [4.78, 5) is 14.3. The number of alkyl halides is 3. The molecule has 7 heteroatoms. The molecule has 0 unspecified atom stereocenters. The third kappa shape index (κ3) is 3.61. The summed E-state index contributed by atoms with van der Waals surface area (Å²) < 4.78 is 37.7. The fraction of sp³-hybridized carbons (Fsp3) is 0.455. The van der Waals surface area contributed by atoms with Gasteiger partial charge in [-0.2, -0.15) is 13.2 Å². The van der Waals surface area contributed by atoms with Crippen molar-refractivity contribution in [2.24, 2.45) is 0 Å². The zero-order valence-electron chi connectivity index (χ0n) is 10.1. The van der Waals surface area contributed by atoms with Crippen LogP contribution < -0.4 is 5.32 Å². The number of rotatable bonds is 2. The normalized spacial score (nSPS) is 12.3. The molecule has 18 heavy (non-hydrogen) atoms. The second-order valence-electron chi connectivity index (χ2n) is 4.77. The summed E-state index contributed by atoms with van der Waals surface area (Å²) in [6.07, 6.45) is -4.74. The van der Waals surface area contributed by atoms with Crippen molar-refractivity contribution in [1.29, 1.82) is 0 Å². The van der Waals surface area contributed by atoms with Crippen LogP contribution in [-0.2, 0) is 6.18 Å². The van der Waals surface area contributed by atoms with Gasteiger partial charge < -0.3 is 10.4 Å². The molecule has 0 fully saturated rings. The van der Waals surface area contributed by atoms with Crippen LogP contribution in [0.25, 0.3) is 0 Å². The van der Waals surface area contributed by atoms with Gasteiger partial charge in [-0.1, -0.05) is 0 Å². The van der Waals surface area contributed by atoms with Crippen LogP contribution in [0.3, 0.4) is 0 Å². The van der Waals surface area contributed by atoms with E-state index in [1.807, 2.05) is 0 Å². The summed E-state index contributed by atoms with van der Waals surface area (Å²) in [5.41, 5.74) is -2.69. The summed E-state index contributed by atoms with van der Waals surface area (Å²) in [7, 11) is 0. The second kappa shape index (κ2) is 4.47. The van der Waals surface area contributed by atoms with Gasteiger partial charge in [-0.3, -0.25) is 0 Å². The number of nitrogens with zero attached hydrogens (tertiary/aromatic N) is 1. The van der Waals surface area contributed by atoms with E-state index in [9.17, 15) is 18.0 Å². The van der Waals surface area contributed by atoms with Gasteiger partial charge in [0.15, 0.2) is 5.69 Å². The molecule has 1 rings (SSSR count). The summed E-state index contributed by atoms with van der Waals surface area (Å²) in [6, 6.07) is 1.82. The van der Waals surface area contributed by atoms with Gasteiger partial charge in [0, 0.05) is 5.54 Å². The van der Waals surface area contributed by atoms with Crippen LogP contribution in [0.1, 0.15) is 36.8 Å². The smallest absolute Gasteiger partial charge is 0.418 e. The zero-order chi connectivity index (χ0) is 14.1. The molecule has 0 saturated heterocycles. The number of anilines is 1. The fourth-order valence-corrected chi connectivity index (χ4v) is 1.30. The number of hydrogen-bond donors (Lipinski definition) is 2. The predicted molar refractivity (Wildman–Crippen MR) is 59.6 cm³/mol. The lowest BCUT2D eigenvalue weighted by Gasteiger charge is -2.22. The molecular formula is C11H13F3N2O2. The molecule has 0 spiro atoms. The Morgan fingerprint density at radius 1 is 1.28 bits per heavy atom. The Hall–Kier alpha value is -1.79. The monoisotopic (exact) mass is 262 g/mol. The van der Waals surface area contributed by atoms with E-state index in [1.54, 1.807) is 20.8 Å². The largest absolute Gasteiger partial charge is 0.476 e. The maximum absolute atomic E-state index is 12.6. The number of carboxylic acids is 1. The molecule has 0 saturated carbocycles. The first-order chi connectivity index (χ1) is 8.00. The van der Waals surface area contributed by atoms with Crippen LogP contribution in [0.15, 0.2) is 12.1 Å². The molecule has 100 valence electrons. The highest BCUT2D eigenvalue weighted by Gasteiger charge is 2.36. The topological polar surface area (TPSA) is 62.2 Å². The van der Waals surface area contributed by atoms with Gasteiger partial charge in [0.05, 0.1) is 5.56 Å². The quantitative estimate of drug-likeness (QED) is 0.860. The number of nitrogens with one attached hydrogen (secondary N) is 1. The summed E-state index contributed by atoms with van der Waals surface area (Å²) in [5.74, 6) is -1.62. The highest BCUT2D eigenvalue weighted by Crippen LogP contribution is 2.32. The minimum Gasteiger partial charge on any atom is -0.476 e. The first-order valence-electron chi connectivity index (χ1n) is 5.10. The average molecular weight is 262 g/mol. The van der Waals surface area contributed by atoms with Gasteiger partial charge in [0.1, 0.15) is 5.82 Å². The SMILES string of the molecule is CC(C)(C)Nc1ccc(C(F)(F)F)c(C(=O)O)n1. The van der Waals surface area contributed by atoms with Crippen LogP contribution >= 0.6 is 0 Å². The van der Waals surface area contributed by atoms with E-state index in [2.05, 4.69) is 10.3 Å². The summed E-state index contributed by atoms with van der Waals surface area (Å²) >= 11 is 0. The van der Waals surface area contributed by atoms with Gasteiger partial charge >= 0.3 is 12.1 Å². The standard InChI is InChI=1S/C11H13F3N2O2/c1-10(2,3)16-7-5-4-6(11(12,13)14)8(15-7)9(17)18/h4-5H,1-3H3,(H,15,16)(H,17,18). The van der Waals surface area contributed by atoms with E-state index in [4.69, 9.17) is 5.11 Å². The average Bonchev–Trinajstić information content (AvgIpc) is 2.12. The third-order valence-electron chi connectivity index (χ3n) is 1.91. The first kappa shape index (κ1) is 14.3. The highest BCUT2D eigenvalue weighted by atomic mass is 19.4. The molecule has 0 aliphatic rings. The molecule has 0 aromatic carbocycles. The van der Waals surface area contributed by atoms with Gasteiger partial charge in [-0.25, -0.2) is 9.78 Å². The summed E-state index contributed by atoms with van der Waals surface area (Å²) in [6.45, 7) is 5.35. The Balaban J connectivity index is 3.24. The second-order valence-corrected chi connectivity index (χ2v) is 4.77. The molecule has 4 nitrogen and oxygen atoms in total. The van der Waals surface area contributed by atoms with Crippen molar-refractivity contribution in [3.63, 3.8) is 0 Å². The molecule has 0 aliphatic carbocycles. The number of hydrogen-bond acceptors (Lipinski definition) is 3. The van der Waals surface area contributed by atoms with E-state index in [0.29, 0.717) is 6.07 Å². The van der Waals surface area contributed by atoms with Crippen molar-refractivity contribution in [3.8, 4) is 0 Å². The number of pyridine rings is 1. The van der Waals surface area contributed by atoms with E-state index in [1.165, 1.54) is 0 Å². The van der Waals surface area contributed by atoms with Crippen molar-refractivity contribution in [3.05, 3.63) is 23.4 Å². The minimum absolute atomic E-state index is 0.0906. The Labute approximate surface area is 102 Å². The number of aromatic carboxylic acids is 1. The number of halogens is 3. The Bertz CT molecular complexity index is 464. The Morgan fingerprint density at radius 2 is 1.83 bits per heavy atom. The highest BCUT2D eigenvalue weighted by molar-refractivity contribution is 5.87. The van der Waals surface area contributed by atoms with Crippen molar-refractivity contribution < 1.29 is 23.1 Å². The Kier molecular flexibility index (Phi) is 3.54. The lowest BCUT2D eigenvalue weighted by molar-refractivity contribution is -0.138. The van der Waals surface area contributed by atoms with Gasteiger partial charge in [-0.15, -0.1) is 0 Å². The van der Waals surface area contributed by atoms with Crippen LogP contribution in [-0.4, -0.2) is 21.6 Å². The van der Waals surface area contributed by atoms with E-state index in [-0.39, 0.29) is 5.82 Å². The third-order valence-corrected chi connectivity index (χ3v) is 1.91. The predicted octanol–water partition coefficient (Wildman–Crippen LogP) is 3.01. The number of carbonyl (C=O) groups is 1. The van der Waals surface area contributed by atoms with E-state index in [0.717, 1.165) is 6.07 Å². The van der Waals surface area contributed by atoms with Crippen LogP contribution in [0.5, 0.6) is 0 Å². The van der Waals surface area contributed by atoms with Gasteiger partial charge in [0.2, 0.25) is 0 Å². The number of aromatic nitrogens is 1. The maximum Gasteiger partial charge on any atom is 0.418 e. The van der Waals surface area contributed by atoms with E-state index >= 15 is 0 Å². The molecule has 0 atom stereocenters. The Morgan fingerprint density at radius 3 is 2.22 bits per heavy atom. The molecule has 1 aromatic heterocycles. The maximum atomic E-state index is 12.6. The molecule has 1 heterocycles. The van der Waals surface area contributed by atoms with Crippen LogP contribution in [0.2, 0.25) is 0 Å². The molecule has 0 bridgehead atoms. The molecular weight excluding hydrogens is 249 g/mol. The first-order valence-corrected chi connectivity index (χ1v) is 5.10. The molecule has 0 aliphatic heterocycles. The van der Waals surface area contributed by atoms with Crippen LogP contribution in [0.4, 0.5) is 19.0 Å². The van der Waals surface area contributed by atoms with Crippen LogP contribution in [0, 0.1) is 0 Å². The molecule has 0 radical (unpaired) electrons. The lowest BCUT2D eigenvalue weighted by atomic mass is 10.1. The van der Waals surface area contributed by atoms with Crippen molar-refractivity contribution >= 4 is 11.8 Å². The zero-order valence-corrected chi connectivity index (χ0v) is 10.1. The van der Waals surface area contributed by atoms with Crippen molar-refractivity contribution in [1.82, 2.24) is 4.98 Å². The number of carboxylic acid groups (broad SMARTS) is 1. The molecule has 2 N–H and O–H groups in total. The van der Waals surface area contributed by atoms with Crippen molar-refractivity contribution in [2.45, 2.75) is 32.5 Å². The van der Waals surface area contributed by atoms with Crippen molar-refractivity contribution in [2.75, 3.05) is 5.32 Å². The summed E-state index contributed by atoms with van der Waals surface area (Å²) in [5, 5.41) is 11.6. The fourth-order valence-electron chi connectivity index (χ4n) is 1.30. The molecule has 0 amide bonds. The van der Waals surface area contributed by atoms with Gasteiger partial charge in [-0.05, 0) is 32.9 Å². The van der Waals surface area contributed by atoms with Gasteiger partial charge in [0.25, 0.3) is 0 Å². The lowest BCUT2D eigenvalue weighted by Crippen LogP contribution is -2.27. The van der Waals surface area contributed by atoms with E-state index < -0.39 is 28.9 Å². The minimum atomic E-state index is -4.74.